The maximum Gasteiger partial charge on any atom is 0.166 e. The van der Waals surface area contributed by atoms with E-state index >= 15 is 0 Å². The van der Waals surface area contributed by atoms with Crippen LogP contribution in [0.4, 0.5) is 5.69 Å². The van der Waals surface area contributed by atoms with Crippen molar-refractivity contribution in [2.24, 2.45) is 0 Å². The van der Waals surface area contributed by atoms with Crippen LogP contribution in [0.25, 0.3) is 0 Å². The molecule has 0 saturated heterocycles. The summed E-state index contributed by atoms with van der Waals surface area (Å²) in [6.07, 6.45) is 1.49. The number of nitrogens with zero attached hydrogens (tertiary/aromatic N) is 2. The smallest absolute Gasteiger partial charge is 0.166 e. The summed E-state index contributed by atoms with van der Waals surface area (Å²) in [6.45, 7) is 0. The predicted octanol–water partition coefficient (Wildman–Crippen LogP) is 3.60. The highest BCUT2D eigenvalue weighted by atomic mass is 79.9. The van der Waals surface area contributed by atoms with Crippen LogP contribution in [0.2, 0.25) is 0 Å². The lowest BCUT2D eigenvalue weighted by molar-refractivity contribution is 0.0990. The van der Waals surface area contributed by atoms with E-state index in [0.717, 1.165) is 4.47 Å². The molecule has 1 aromatic carbocycles. The molecular weight excluding hydrogens is 330 g/mol. The van der Waals surface area contributed by atoms with Crippen LogP contribution in [0.3, 0.4) is 0 Å². The van der Waals surface area contributed by atoms with Crippen molar-refractivity contribution >= 4 is 39.0 Å². The number of nitrogens with one attached hydrogen (secondary N) is 1. The van der Waals surface area contributed by atoms with Gasteiger partial charge < -0.3 is 5.32 Å². The molecule has 0 aliphatic rings. The summed E-state index contributed by atoms with van der Waals surface area (Å²) in [6, 6.07) is 8.56. The first-order valence-corrected chi connectivity index (χ1v) is 6.60. The summed E-state index contributed by atoms with van der Waals surface area (Å²) in [4.78, 5) is 11.9. The molecule has 0 radical (unpaired) electrons. The van der Waals surface area contributed by atoms with Gasteiger partial charge in [0.1, 0.15) is 17.7 Å². The van der Waals surface area contributed by atoms with Gasteiger partial charge in [-0.1, -0.05) is 15.9 Å². The number of nitriles is 2. The topological polar surface area (TPSA) is 76.7 Å². The number of anilines is 1. The van der Waals surface area contributed by atoms with Gasteiger partial charge in [0, 0.05) is 28.5 Å². The van der Waals surface area contributed by atoms with Crippen LogP contribution in [-0.2, 0) is 0 Å². The van der Waals surface area contributed by atoms with Gasteiger partial charge in [0.25, 0.3) is 0 Å². The van der Waals surface area contributed by atoms with Gasteiger partial charge in [0.2, 0.25) is 0 Å². The van der Waals surface area contributed by atoms with Crippen molar-refractivity contribution < 1.29 is 4.79 Å². The Labute approximate surface area is 124 Å². The van der Waals surface area contributed by atoms with E-state index in [9.17, 15) is 4.79 Å². The molecule has 0 atom stereocenters. The van der Waals surface area contributed by atoms with Crippen molar-refractivity contribution in [3.05, 3.63) is 40.0 Å². The normalized spacial score (nSPS) is 9.05. The van der Waals surface area contributed by atoms with E-state index in [1.807, 2.05) is 0 Å². The molecular formula is C13H9BrClN3O. The molecule has 19 heavy (non-hydrogen) atoms. The lowest BCUT2D eigenvalue weighted by Gasteiger charge is -2.08. The van der Waals surface area contributed by atoms with E-state index < -0.39 is 0 Å². The number of hydrogen-bond donors (Lipinski definition) is 1. The van der Waals surface area contributed by atoms with Crippen molar-refractivity contribution in [1.29, 1.82) is 10.5 Å². The zero-order chi connectivity index (χ0) is 14.3. The number of halogens is 2. The number of Topliss-reactive ketones (excluding diaryl/α,β-unsaturated/α-hetero) is 1. The Morgan fingerprint density at radius 2 is 2.11 bits per heavy atom. The third kappa shape index (κ3) is 4.40. The predicted molar refractivity (Wildman–Crippen MR) is 76.7 cm³/mol. The maximum atomic E-state index is 11.9. The van der Waals surface area contributed by atoms with Gasteiger partial charge in [0.15, 0.2) is 5.78 Å². The average molecular weight is 339 g/mol. The Hall–Kier alpha value is -1.82. The quantitative estimate of drug-likeness (QED) is 0.505. The number of carbonyl (C=O) groups is 1. The van der Waals surface area contributed by atoms with Gasteiger partial charge in [-0.2, -0.15) is 10.5 Å². The lowest BCUT2D eigenvalue weighted by Crippen LogP contribution is -2.04. The molecule has 0 aliphatic carbocycles. The van der Waals surface area contributed by atoms with Crippen LogP contribution in [0.1, 0.15) is 16.8 Å². The van der Waals surface area contributed by atoms with Gasteiger partial charge in [-0.05, 0) is 18.2 Å². The highest BCUT2D eigenvalue weighted by molar-refractivity contribution is 9.10. The fourth-order valence-electron chi connectivity index (χ4n) is 1.34. The molecule has 0 fully saturated rings. The molecule has 1 aromatic rings. The lowest BCUT2D eigenvalue weighted by atomic mass is 10.1. The van der Waals surface area contributed by atoms with Gasteiger partial charge >= 0.3 is 0 Å². The second kappa shape index (κ2) is 7.58. The first-order chi connectivity index (χ1) is 9.12. The summed E-state index contributed by atoms with van der Waals surface area (Å²) >= 11 is 8.85. The molecule has 96 valence electrons. The zero-order valence-electron chi connectivity index (χ0n) is 9.78. The van der Waals surface area contributed by atoms with Crippen molar-refractivity contribution in [3.63, 3.8) is 0 Å². The van der Waals surface area contributed by atoms with Crippen molar-refractivity contribution in [2.45, 2.75) is 6.42 Å². The average Bonchev–Trinajstić information content (AvgIpc) is 2.40. The number of allylic oxidation sites excluding steroid dienone is 1. The number of alkyl halides is 1. The summed E-state index contributed by atoms with van der Waals surface area (Å²) in [5, 5.41) is 20.1. The molecule has 0 aromatic heterocycles. The molecule has 0 aliphatic heterocycles. The van der Waals surface area contributed by atoms with Crippen molar-refractivity contribution in [1.82, 2.24) is 0 Å². The first-order valence-electron chi connectivity index (χ1n) is 5.28. The Morgan fingerprint density at radius 1 is 1.42 bits per heavy atom. The van der Waals surface area contributed by atoms with E-state index in [1.54, 1.807) is 30.3 Å². The Bertz CT molecular complexity index is 583. The maximum absolute atomic E-state index is 11.9. The van der Waals surface area contributed by atoms with E-state index in [4.69, 9.17) is 22.1 Å². The molecule has 4 nitrogen and oxygen atoms in total. The van der Waals surface area contributed by atoms with Crippen LogP contribution in [0.5, 0.6) is 0 Å². The highest BCUT2D eigenvalue weighted by Gasteiger charge is 2.11. The van der Waals surface area contributed by atoms with E-state index in [-0.39, 0.29) is 23.7 Å². The molecule has 1 N–H and O–H groups in total. The van der Waals surface area contributed by atoms with E-state index in [1.165, 1.54) is 6.20 Å². The summed E-state index contributed by atoms with van der Waals surface area (Å²) in [5.74, 6) is 0.139. The number of hydrogen-bond acceptors (Lipinski definition) is 4. The minimum atomic E-state index is -0.103. The fourth-order valence-corrected chi connectivity index (χ4v) is 1.87. The Balaban J connectivity index is 3.09. The van der Waals surface area contributed by atoms with Crippen LogP contribution in [0.15, 0.2) is 34.4 Å². The number of ketones is 1. The van der Waals surface area contributed by atoms with E-state index in [2.05, 4.69) is 21.2 Å². The third-order valence-corrected chi connectivity index (χ3v) is 2.90. The zero-order valence-corrected chi connectivity index (χ0v) is 12.1. The molecule has 0 bridgehead atoms. The molecule has 0 unspecified atom stereocenters. The Kier molecular flexibility index (Phi) is 6.08. The summed E-state index contributed by atoms with van der Waals surface area (Å²) in [7, 11) is 0. The third-order valence-electron chi connectivity index (χ3n) is 2.22. The van der Waals surface area contributed by atoms with Crippen LogP contribution < -0.4 is 5.32 Å². The number of rotatable bonds is 5. The standard InChI is InChI=1S/C13H9BrClN3O/c14-10-1-2-11(13(19)3-4-15)12(5-10)18-8-9(6-16)7-17/h1-2,5,8,18H,3-4H2. The van der Waals surface area contributed by atoms with Gasteiger partial charge in [-0.15, -0.1) is 11.6 Å². The second-order valence-corrected chi connectivity index (χ2v) is 4.77. The minimum absolute atomic E-state index is 0.0734. The fraction of sp³-hybridized carbons (Fsp3) is 0.154. The van der Waals surface area contributed by atoms with Crippen molar-refractivity contribution in [3.8, 4) is 12.1 Å². The molecule has 0 spiro atoms. The minimum Gasteiger partial charge on any atom is -0.359 e. The van der Waals surface area contributed by atoms with Crippen molar-refractivity contribution in [2.75, 3.05) is 11.2 Å². The van der Waals surface area contributed by atoms with Crippen LogP contribution >= 0.6 is 27.5 Å². The van der Waals surface area contributed by atoms with Gasteiger partial charge in [0.05, 0.1) is 5.69 Å². The Morgan fingerprint density at radius 3 is 2.68 bits per heavy atom. The summed E-state index contributed by atoms with van der Waals surface area (Å²) < 4.78 is 0.779. The van der Waals surface area contributed by atoms with Crippen LogP contribution in [0, 0.1) is 22.7 Å². The molecule has 1 rings (SSSR count). The number of carbonyl (C=O) groups excluding carboxylic acids is 1. The SMILES string of the molecule is N#CC(C#N)=CNc1cc(Br)ccc1C(=O)CCCl. The summed E-state index contributed by atoms with van der Waals surface area (Å²) in [5.41, 5.74) is 0.915. The van der Waals surface area contributed by atoms with Gasteiger partial charge in [-0.3, -0.25) is 4.79 Å². The highest BCUT2D eigenvalue weighted by Crippen LogP contribution is 2.23. The van der Waals surface area contributed by atoms with Crippen LogP contribution in [-0.4, -0.2) is 11.7 Å². The molecule has 0 saturated carbocycles. The monoisotopic (exact) mass is 337 g/mol. The number of benzene rings is 1. The van der Waals surface area contributed by atoms with Gasteiger partial charge in [-0.25, -0.2) is 0 Å². The second-order valence-electron chi connectivity index (χ2n) is 3.48. The first kappa shape index (κ1) is 15.2. The largest absolute Gasteiger partial charge is 0.359 e. The van der Waals surface area contributed by atoms with E-state index in [0.29, 0.717) is 11.3 Å². The molecule has 6 heteroatoms. The molecule has 0 heterocycles. The molecule has 0 amide bonds.